The Kier molecular flexibility index (Phi) is 3.01. The van der Waals surface area contributed by atoms with Crippen LogP contribution in [-0.4, -0.2) is 20.6 Å². The van der Waals surface area contributed by atoms with Gasteiger partial charge >= 0.3 is 5.97 Å². The SMILES string of the molecule is Cc1cc(=O)n(Cc2ccc(C(=O)O)o2)c(C)n1. The largest absolute Gasteiger partial charge is 0.475 e. The number of hydrogen-bond acceptors (Lipinski definition) is 4. The minimum Gasteiger partial charge on any atom is -0.475 e. The van der Waals surface area contributed by atoms with Gasteiger partial charge in [0.05, 0.1) is 6.54 Å². The van der Waals surface area contributed by atoms with Gasteiger partial charge in [-0.1, -0.05) is 0 Å². The number of carboxylic acids is 1. The molecule has 0 spiro atoms. The normalized spacial score (nSPS) is 10.6. The highest BCUT2D eigenvalue weighted by Gasteiger charge is 2.11. The van der Waals surface area contributed by atoms with E-state index in [2.05, 4.69) is 4.98 Å². The molecule has 6 nitrogen and oxygen atoms in total. The van der Waals surface area contributed by atoms with Gasteiger partial charge in [-0.15, -0.1) is 0 Å². The monoisotopic (exact) mass is 248 g/mol. The first-order chi connectivity index (χ1) is 8.47. The first-order valence-corrected chi connectivity index (χ1v) is 5.34. The molecule has 6 heteroatoms. The smallest absolute Gasteiger partial charge is 0.371 e. The second-order valence-electron chi connectivity index (χ2n) is 3.94. The molecule has 2 heterocycles. The van der Waals surface area contributed by atoms with E-state index in [1.54, 1.807) is 13.8 Å². The van der Waals surface area contributed by atoms with Gasteiger partial charge in [0.15, 0.2) is 0 Å². The Morgan fingerprint density at radius 2 is 2.17 bits per heavy atom. The van der Waals surface area contributed by atoms with Crippen molar-refractivity contribution in [1.82, 2.24) is 9.55 Å². The summed E-state index contributed by atoms with van der Waals surface area (Å²) in [6.45, 7) is 3.63. The lowest BCUT2D eigenvalue weighted by Crippen LogP contribution is -2.23. The lowest BCUT2D eigenvalue weighted by Gasteiger charge is -2.07. The Balaban J connectivity index is 2.34. The highest BCUT2D eigenvalue weighted by molar-refractivity contribution is 5.84. The van der Waals surface area contributed by atoms with Crippen molar-refractivity contribution in [2.45, 2.75) is 20.4 Å². The lowest BCUT2D eigenvalue weighted by atomic mass is 10.4. The molecule has 0 amide bonds. The molecule has 0 saturated carbocycles. The van der Waals surface area contributed by atoms with Gasteiger partial charge in [-0.3, -0.25) is 9.36 Å². The third kappa shape index (κ3) is 2.32. The van der Waals surface area contributed by atoms with E-state index in [9.17, 15) is 9.59 Å². The Bertz CT molecular complexity index is 654. The molecule has 0 fully saturated rings. The van der Waals surface area contributed by atoms with E-state index in [1.165, 1.54) is 22.8 Å². The molecule has 2 aromatic rings. The summed E-state index contributed by atoms with van der Waals surface area (Å²) in [6.07, 6.45) is 0. The van der Waals surface area contributed by atoms with Crippen LogP contribution in [0.4, 0.5) is 0 Å². The molecule has 1 N–H and O–H groups in total. The number of hydrogen-bond donors (Lipinski definition) is 1. The van der Waals surface area contributed by atoms with E-state index in [4.69, 9.17) is 9.52 Å². The summed E-state index contributed by atoms with van der Waals surface area (Å²) in [5.41, 5.74) is 0.465. The summed E-state index contributed by atoms with van der Waals surface area (Å²) < 4.78 is 6.53. The predicted octanol–water partition coefficient (Wildman–Crippen LogP) is 1.20. The molecule has 0 atom stereocenters. The maximum Gasteiger partial charge on any atom is 0.371 e. The van der Waals surface area contributed by atoms with E-state index < -0.39 is 5.97 Å². The molecule has 0 unspecified atom stereocenters. The van der Waals surface area contributed by atoms with Crippen LogP contribution < -0.4 is 5.56 Å². The van der Waals surface area contributed by atoms with Crippen LogP contribution in [0.15, 0.2) is 27.4 Å². The van der Waals surface area contributed by atoms with Crippen molar-refractivity contribution in [2.24, 2.45) is 0 Å². The molecule has 0 saturated heterocycles. The molecule has 0 radical (unpaired) electrons. The maximum absolute atomic E-state index is 11.8. The van der Waals surface area contributed by atoms with E-state index in [0.29, 0.717) is 17.3 Å². The fourth-order valence-corrected chi connectivity index (χ4v) is 1.69. The van der Waals surface area contributed by atoms with Crippen LogP contribution >= 0.6 is 0 Å². The highest BCUT2D eigenvalue weighted by atomic mass is 16.4. The fraction of sp³-hybridized carbons (Fsp3) is 0.250. The van der Waals surface area contributed by atoms with Crippen molar-refractivity contribution in [2.75, 3.05) is 0 Å². The molecule has 0 aliphatic rings. The van der Waals surface area contributed by atoms with Gasteiger partial charge in [0, 0.05) is 11.8 Å². The van der Waals surface area contributed by atoms with Crippen molar-refractivity contribution in [1.29, 1.82) is 0 Å². The van der Waals surface area contributed by atoms with Crippen molar-refractivity contribution in [3.05, 3.63) is 51.6 Å². The van der Waals surface area contributed by atoms with Gasteiger partial charge < -0.3 is 9.52 Å². The first kappa shape index (κ1) is 12.1. The molecular weight excluding hydrogens is 236 g/mol. The number of nitrogens with zero attached hydrogens (tertiary/aromatic N) is 2. The highest BCUT2D eigenvalue weighted by Crippen LogP contribution is 2.09. The predicted molar refractivity (Wildman–Crippen MR) is 62.7 cm³/mol. The van der Waals surface area contributed by atoms with Gasteiger partial charge in [0.1, 0.15) is 11.6 Å². The number of carboxylic acid groups (broad SMARTS) is 1. The quantitative estimate of drug-likeness (QED) is 0.882. The Hall–Kier alpha value is -2.37. The van der Waals surface area contributed by atoms with Crippen molar-refractivity contribution in [3.8, 4) is 0 Å². The van der Waals surface area contributed by atoms with Gasteiger partial charge in [-0.25, -0.2) is 9.78 Å². The molecular formula is C12H12N2O4. The first-order valence-electron chi connectivity index (χ1n) is 5.34. The molecule has 0 aromatic carbocycles. The average molecular weight is 248 g/mol. The number of aryl methyl sites for hydroxylation is 2. The standard InChI is InChI=1S/C12H12N2O4/c1-7-5-11(15)14(8(2)13-7)6-9-3-4-10(18-9)12(16)17/h3-5H,6H2,1-2H3,(H,16,17). The maximum atomic E-state index is 11.8. The zero-order valence-corrected chi connectivity index (χ0v) is 10.0. The topological polar surface area (TPSA) is 85.3 Å². The molecule has 0 aliphatic heterocycles. The summed E-state index contributed by atoms with van der Waals surface area (Å²) >= 11 is 0. The van der Waals surface area contributed by atoms with Crippen molar-refractivity contribution >= 4 is 5.97 Å². The third-order valence-electron chi connectivity index (χ3n) is 2.51. The number of carbonyl (C=O) groups is 1. The molecule has 94 valence electrons. The van der Waals surface area contributed by atoms with Gasteiger partial charge in [0.2, 0.25) is 5.76 Å². The van der Waals surface area contributed by atoms with Gasteiger partial charge in [-0.2, -0.15) is 0 Å². The molecule has 2 aromatic heterocycles. The van der Waals surface area contributed by atoms with E-state index in [0.717, 1.165) is 0 Å². The lowest BCUT2D eigenvalue weighted by molar-refractivity contribution is 0.0660. The van der Waals surface area contributed by atoms with Crippen LogP contribution in [0.1, 0.15) is 27.8 Å². The van der Waals surface area contributed by atoms with E-state index in [-0.39, 0.29) is 17.9 Å². The summed E-state index contributed by atoms with van der Waals surface area (Å²) in [6, 6.07) is 4.32. The second-order valence-corrected chi connectivity index (χ2v) is 3.94. The van der Waals surface area contributed by atoms with Crippen molar-refractivity contribution < 1.29 is 14.3 Å². The average Bonchev–Trinajstić information content (AvgIpc) is 2.71. The summed E-state index contributed by atoms with van der Waals surface area (Å²) in [5.74, 6) is -0.306. The summed E-state index contributed by atoms with van der Waals surface area (Å²) in [7, 11) is 0. The number of aromatic nitrogens is 2. The van der Waals surface area contributed by atoms with Crippen molar-refractivity contribution in [3.63, 3.8) is 0 Å². The van der Waals surface area contributed by atoms with Crippen LogP contribution in [0, 0.1) is 13.8 Å². The summed E-state index contributed by atoms with van der Waals surface area (Å²) in [4.78, 5) is 26.6. The zero-order valence-electron chi connectivity index (χ0n) is 10.0. The fourth-order valence-electron chi connectivity index (χ4n) is 1.69. The zero-order chi connectivity index (χ0) is 13.3. The van der Waals surface area contributed by atoms with Crippen LogP contribution in [0.3, 0.4) is 0 Å². The number of rotatable bonds is 3. The van der Waals surface area contributed by atoms with Crippen LogP contribution in [0.2, 0.25) is 0 Å². The molecule has 18 heavy (non-hydrogen) atoms. The van der Waals surface area contributed by atoms with E-state index >= 15 is 0 Å². The van der Waals surface area contributed by atoms with Crippen LogP contribution in [0.25, 0.3) is 0 Å². The molecule has 0 bridgehead atoms. The second kappa shape index (κ2) is 4.48. The summed E-state index contributed by atoms with van der Waals surface area (Å²) in [5, 5.41) is 8.74. The molecule has 2 rings (SSSR count). The minimum absolute atomic E-state index is 0.143. The van der Waals surface area contributed by atoms with Crippen LogP contribution in [0.5, 0.6) is 0 Å². The Labute approximate surface area is 103 Å². The Morgan fingerprint density at radius 1 is 1.44 bits per heavy atom. The number of aromatic carboxylic acids is 1. The van der Waals surface area contributed by atoms with Crippen LogP contribution in [-0.2, 0) is 6.54 Å². The third-order valence-corrected chi connectivity index (χ3v) is 2.51. The van der Waals surface area contributed by atoms with Gasteiger partial charge in [-0.05, 0) is 26.0 Å². The minimum atomic E-state index is -1.13. The van der Waals surface area contributed by atoms with E-state index in [1.807, 2.05) is 0 Å². The number of furan rings is 1. The molecule has 0 aliphatic carbocycles. The van der Waals surface area contributed by atoms with Gasteiger partial charge in [0.25, 0.3) is 5.56 Å². The Morgan fingerprint density at radius 3 is 2.72 bits per heavy atom.